The van der Waals surface area contributed by atoms with Crippen LogP contribution in [0.3, 0.4) is 0 Å². The summed E-state index contributed by atoms with van der Waals surface area (Å²) in [6.07, 6.45) is 1.20. The van der Waals surface area contributed by atoms with Crippen LogP contribution in [0.5, 0.6) is 0 Å². The van der Waals surface area contributed by atoms with Crippen LogP contribution in [0.25, 0.3) is 0 Å². The molecule has 4 nitrogen and oxygen atoms in total. The van der Waals surface area contributed by atoms with E-state index in [2.05, 4.69) is 10.3 Å². The quantitative estimate of drug-likeness (QED) is 0.665. The molecule has 0 saturated heterocycles. The topological polar surface area (TPSA) is 65.1 Å². The fraction of sp³-hybridized carbons (Fsp3) is 0.500. The van der Waals surface area contributed by atoms with Crippen molar-refractivity contribution in [3.8, 4) is 0 Å². The highest BCUT2D eigenvalue weighted by molar-refractivity contribution is 5.92. The third kappa shape index (κ3) is 2.88. The first-order chi connectivity index (χ1) is 6.61. The number of aliphatic hydroxyl groups is 1. The van der Waals surface area contributed by atoms with Crippen LogP contribution >= 0.6 is 0 Å². The van der Waals surface area contributed by atoms with Crippen LogP contribution in [0.1, 0.15) is 24.3 Å². The van der Waals surface area contributed by atoms with Gasteiger partial charge in [0.25, 0.3) is 5.91 Å². The molecule has 3 N–H and O–H groups in total. The number of carbonyl (C=O) groups excluding carboxylic acids is 1. The molecule has 0 aliphatic rings. The van der Waals surface area contributed by atoms with Gasteiger partial charge in [-0.3, -0.25) is 4.79 Å². The number of hydrogen-bond donors (Lipinski definition) is 3. The Balaban J connectivity index is 2.36. The maximum Gasteiger partial charge on any atom is 0.267 e. The van der Waals surface area contributed by atoms with Gasteiger partial charge >= 0.3 is 0 Å². The summed E-state index contributed by atoms with van der Waals surface area (Å²) in [5.41, 5.74) is 0.515. The molecule has 0 aliphatic heterocycles. The van der Waals surface area contributed by atoms with Gasteiger partial charge in [-0.1, -0.05) is 13.8 Å². The lowest BCUT2D eigenvalue weighted by Gasteiger charge is -2.14. The van der Waals surface area contributed by atoms with Gasteiger partial charge in [-0.15, -0.1) is 0 Å². The van der Waals surface area contributed by atoms with Crippen LogP contribution in [0.15, 0.2) is 18.3 Å². The summed E-state index contributed by atoms with van der Waals surface area (Å²) in [5, 5.41) is 12.1. The van der Waals surface area contributed by atoms with Gasteiger partial charge in [0.1, 0.15) is 5.69 Å². The smallest absolute Gasteiger partial charge is 0.267 e. The van der Waals surface area contributed by atoms with Gasteiger partial charge in [-0.25, -0.2) is 0 Å². The molecule has 0 spiro atoms. The normalized spacial score (nSPS) is 12.9. The lowest BCUT2D eigenvalue weighted by atomic mass is 10.1. The molecule has 14 heavy (non-hydrogen) atoms. The fourth-order valence-corrected chi connectivity index (χ4v) is 1.000. The molecule has 1 unspecified atom stereocenters. The average molecular weight is 196 g/mol. The number of hydrogen-bond acceptors (Lipinski definition) is 2. The van der Waals surface area contributed by atoms with E-state index in [0.29, 0.717) is 5.69 Å². The monoisotopic (exact) mass is 196 g/mol. The number of amides is 1. The second-order valence-corrected chi connectivity index (χ2v) is 3.61. The first-order valence-corrected chi connectivity index (χ1v) is 4.71. The summed E-state index contributed by atoms with van der Waals surface area (Å²) < 4.78 is 0. The highest BCUT2D eigenvalue weighted by atomic mass is 16.3. The molecule has 4 heteroatoms. The van der Waals surface area contributed by atoms with Crippen LogP contribution in [-0.4, -0.2) is 28.6 Å². The van der Waals surface area contributed by atoms with E-state index in [1.54, 1.807) is 18.3 Å². The van der Waals surface area contributed by atoms with E-state index in [4.69, 9.17) is 0 Å². The van der Waals surface area contributed by atoms with Crippen molar-refractivity contribution in [2.45, 2.75) is 20.0 Å². The van der Waals surface area contributed by atoms with Crippen molar-refractivity contribution in [3.63, 3.8) is 0 Å². The van der Waals surface area contributed by atoms with Crippen LogP contribution in [0.2, 0.25) is 0 Å². The van der Waals surface area contributed by atoms with Crippen molar-refractivity contribution >= 4 is 5.91 Å². The van der Waals surface area contributed by atoms with Crippen molar-refractivity contribution in [1.82, 2.24) is 10.3 Å². The average Bonchev–Trinajstić information content (AvgIpc) is 2.66. The molecule has 0 aromatic carbocycles. The van der Waals surface area contributed by atoms with Crippen molar-refractivity contribution in [2.75, 3.05) is 6.54 Å². The molecule has 1 heterocycles. The molecular formula is C10H16N2O2. The minimum absolute atomic E-state index is 0.152. The highest BCUT2D eigenvalue weighted by Gasteiger charge is 2.11. The van der Waals surface area contributed by atoms with Gasteiger partial charge in [0.05, 0.1) is 6.10 Å². The van der Waals surface area contributed by atoms with Crippen LogP contribution in [0, 0.1) is 5.92 Å². The Labute approximate surface area is 83.3 Å². The Morgan fingerprint density at radius 3 is 2.86 bits per heavy atom. The fourth-order valence-electron chi connectivity index (χ4n) is 1.000. The van der Waals surface area contributed by atoms with E-state index >= 15 is 0 Å². The summed E-state index contributed by atoms with van der Waals surface area (Å²) in [6.45, 7) is 4.10. The number of aliphatic hydroxyl groups excluding tert-OH is 1. The number of carbonyl (C=O) groups is 1. The van der Waals surface area contributed by atoms with Crippen molar-refractivity contribution in [1.29, 1.82) is 0 Å². The number of rotatable bonds is 4. The molecule has 0 bridgehead atoms. The Morgan fingerprint density at radius 2 is 2.36 bits per heavy atom. The molecule has 78 valence electrons. The largest absolute Gasteiger partial charge is 0.391 e. The highest BCUT2D eigenvalue weighted by Crippen LogP contribution is 2.00. The van der Waals surface area contributed by atoms with E-state index in [1.165, 1.54) is 0 Å². The number of H-pyrrole nitrogens is 1. The van der Waals surface area contributed by atoms with Crippen LogP contribution < -0.4 is 5.32 Å². The minimum Gasteiger partial charge on any atom is -0.391 e. The number of nitrogens with one attached hydrogen (secondary N) is 2. The predicted octanol–water partition coefficient (Wildman–Crippen LogP) is 0.761. The Morgan fingerprint density at radius 1 is 1.64 bits per heavy atom. The van der Waals surface area contributed by atoms with Gasteiger partial charge in [0, 0.05) is 12.7 Å². The van der Waals surface area contributed by atoms with E-state index in [-0.39, 0.29) is 18.4 Å². The summed E-state index contributed by atoms with van der Waals surface area (Å²) >= 11 is 0. The Kier molecular flexibility index (Phi) is 3.71. The summed E-state index contributed by atoms with van der Waals surface area (Å²) in [5.74, 6) is -0.0337. The van der Waals surface area contributed by atoms with E-state index in [9.17, 15) is 9.90 Å². The zero-order valence-electron chi connectivity index (χ0n) is 8.45. The zero-order valence-corrected chi connectivity index (χ0v) is 8.45. The lowest BCUT2D eigenvalue weighted by molar-refractivity contribution is 0.0867. The number of aromatic nitrogens is 1. The molecule has 1 aromatic heterocycles. The standard InChI is InChI=1S/C10H16N2O2/c1-7(2)9(13)6-12-10(14)8-4-3-5-11-8/h3-5,7,9,11,13H,6H2,1-2H3,(H,12,14). The predicted molar refractivity (Wildman–Crippen MR) is 54.0 cm³/mol. The van der Waals surface area contributed by atoms with Gasteiger partial charge < -0.3 is 15.4 Å². The number of aromatic amines is 1. The van der Waals surface area contributed by atoms with Crippen LogP contribution in [0.4, 0.5) is 0 Å². The Bertz CT molecular complexity index is 280. The van der Waals surface area contributed by atoms with Gasteiger partial charge in [0.2, 0.25) is 0 Å². The van der Waals surface area contributed by atoms with Gasteiger partial charge in [0.15, 0.2) is 0 Å². The molecule has 0 aliphatic carbocycles. The maximum atomic E-state index is 11.4. The SMILES string of the molecule is CC(C)C(O)CNC(=O)c1ccc[nH]1. The summed E-state index contributed by atoms with van der Waals surface area (Å²) in [7, 11) is 0. The summed E-state index contributed by atoms with van der Waals surface area (Å²) in [4.78, 5) is 14.2. The minimum atomic E-state index is -0.492. The molecule has 0 saturated carbocycles. The molecule has 1 aromatic rings. The van der Waals surface area contributed by atoms with Crippen molar-refractivity contribution in [2.24, 2.45) is 5.92 Å². The second-order valence-electron chi connectivity index (χ2n) is 3.61. The molecule has 0 fully saturated rings. The van der Waals surface area contributed by atoms with Gasteiger partial charge in [-0.2, -0.15) is 0 Å². The van der Waals surface area contributed by atoms with E-state index in [1.807, 2.05) is 13.8 Å². The summed E-state index contributed by atoms with van der Waals surface area (Å²) in [6, 6.07) is 3.45. The van der Waals surface area contributed by atoms with E-state index in [0.717, 1.165) is 0 Å². The van der Waals surface area contributed by atoms with E-state index < -0.39 is 6.10 Å². The van der Waals surface area contributed by atoms with Gasteiger partial charge in [-0.05, 0) is 18.1 Å². The third-order valence-corrected chi connectivity index (χ3v) is 2.08. The van der Waals surface area contributed by atoms with Crippen LogP contribution in [-0.2, 0) is 0 Å². The molecule has 1 rings (SSSR count). The molecular weight excluding hydrogens is 180 g/mol. The maximum absolute atomic E-state index is 11.4. The first-order valence-electron chi connectivity index (χ1n) is 4.71. The Hall–Kier alpha value is -1.29. The first kappa shape index (κ1) is 10.8. The zero-order chi connectivity index (χ0) is 10.6. The third-order valence-electron chi connectivity index (χ3n) is 2.08. The second kappa shape index (κ2) is 4.81. The lowest BCUT2D eigenvalue weighted by Crippen LogP contribution is -2.34. The molecule has 1 atom stereocenters. The molecule has 0 radical (unpaired) electrons. The van der Waals surface area contributed by atoms with Crippen molar-refractivity contribution < 1.29 is 9.90 Å². The van der Waals surface area contributed by atoms with Crippen molar-refractivity contribution in [3.05, 3.63) is 24.0 Å². The molecule has 1 amide bonds.